The molecule has 0 radical (unpaired) electrons. The molecule has 23 heteroatoms. The van der Waals surface area contributed by atoms with Gasteiger partial charge >= 0.3 is 27.6 Å². The Balaban J connectivity index is -0.000000539. The van der Waals surface area contributed by atoms with E-state index in [0.717, 1.165) is 0 Å². The average molecular weight is 708 g/mol. The minimum Gasteiger partial charge on any atom is -0.505 e. The largest absolute Gasteiger partial charge is 0.525 e. The van der Waals surface area contributed by atoms with Crippen LogP contribution in [-0.4, -0.2) is 99.8 Å². The third-order valence-electron chi connectivity index (χ3n) is 3.34. The summed E-state index contributed by atoms with van der Waals surface area (Å²) in [4.78, 5) is 55.7. The monoisotopic (exact) mass is 704 g/mol. The van der Waals surface area contributed by atoms with E-state index in [0.29, 0.717) is 0 Å². The molecule has 0 aliphatic carbocycles. The van der Waals surface area contributed by atoms with Gasteiger partial charge in [0.1, 0.15) is 12.2 Å². The van der Waals surface area contributed by atoms with Gasteiger partial charge in [0.15, 0.2) is 23.7 Å². The van der Waals surface area contributed by atoms with Crippen molar-refractivity contribution in [1.82, 2.24) is 0 Å². The molecule has 4 unspecified atom stereocenters. The number of cyclic esters (lactones) is 2. The Morgan fingerprint density at radius 3 is 1.17 bits per heavy atom. The van der Waals surface area contributed by atoms with E-state index >= 15 is 0 Å². The van der Waals surface area contributed by atoms with Crippen molar-refractivity contribution in [2.45, 2.75) is 24.4 Å². The Bertz CT molecular complexity index is 823. The first kappa shape index (κ1) is 39.1. The molecule has 0 aromatic carbocycles. The number of phosphoric acid groups is 2. The maximum atomic E-state index is 11.0. The summed E-state index contributed by atoms with van der Waals surface area (Å²) < 4.78 is 37.3. The van der Waals surface area contributed by atoms with Crippen LogP contribution in [-0.2, 0) is 95.7 Å². The Labute approximate surface area is 233 Å². The number of ether oxygens (including phenoxy) is 2. The van der Waals surface area contributed by atoms with Gasteiger partial charge in [0.25, 0.3) is 11.5 Å². The number of hydrogen-bond acceptors (Lipinski definition) is 14. The Morgan fingerprint density at radius 1 is 0.714 bits per heavy atom. The van der Waals surface area contributed by atoms with Crippen LogP contribution in [0.15, 0.2) is 23.0 Å². The minimum atomic E-state index is -5.02. The maximum absolute atomic E-state index is 11.0. The molecule has 190 valence electrons. The van der Waals surface area contributed by atoms with E-state index in [4.69, 9.17) is 40.0 Å². The molecule has 2 heterocycles. The van der Waals surface area contributed by atoms with Crippen molar-refractivity contribution in [1.29, 1.82) is 0 Å². The number of aliphatic hydroxyl groups excluding tert-OH is 6. The average Bonchev–Trinajstić information content (AvgIpc) is 3.10. The van der Waals surface area contributed by atoms with Gasteiger partial charge in [-0.15, -0.1) is 0 Å². The summed E-state index contributed by atoms with van der Waals surface area (Å²) in [5.74, 6) is -6.78. The Kier molecular flexibility index (Phi) is 17.7. The predicted octanol–water partition coefficient (Wildman–Crippen LogP) is -3.72. The summed E-state index contributed by atoms with van der Waals surface area (Å²) >= 11 is 0. The molecule has 0 aromatic rings. The topological polar surface area (TPSA) is 308 Å². The molecule has 0 saturated heterocycles. The quantitative estimate of drug-likeness (QED) is 0.0658. The van der Waals surface area contributed by atoms with Gasteiger partial charge in [-0.05, 0) is 0 Å². The second kappa shape index (κ2) is 15.8. The second-order valence-electron chi connectivity index (χ2n) is 5.74. The molecule has 0 saturated carbocycles. The maximum Gasteiger partial charge on any atom is 0.525 e. The number of hydrogen-bond donors (Lipinski definition) is 10. The standard InChI is InChI=1S/2C6H9O9P.3Zn/c2*7-1-2(8)4-3(9)5(6(10)14-4)15-16(11,12)13;;;/h2*2,4,7-9H,1H2,(H2,11,12,13);;;. The van der Waals surface area contributed by atoms with Crippen molar-refractivity contribution < 1.29 is 146 Å². The molecule has 2 aliphatic rings. The van der Waals surface area contributed by atoms with Crippen molar-refractivity contribution in [2.24, 2.45) is 0 Å². The molecule has 35 heavy (non-hydrogen) atoms. The zero-order valence-electron chi connectivity index (χ0n) is 17.5. The van der Waals surface area contributed by atoms with Crippen LogP contribution in [0.3, 0.4) is 0 Å². The Morgan fingerprint density at radius 2 is 0.971 bits per heavy atom. The fourth-order valence-corrected chi connectivity index (χ4v) is 2.85. The number of carbonyl (C=O) groups excluding carboxylic acids is 2. The summed E-state index contributed by atoms with van der Waals surface area (Å²) in [6, 6.07) is 0. The summed E-state index contributed by atoms with van der Waals surface area (Å²) in [6.45, 7) is -1.63. The molecule has 18 nitrogen and oxygen atoms in total. The van der Waals surface area contributed by atoms with Crippen LogP contribution >= 0.6 is 15.6 Å². The first-order chi connectivity index (χ1) is 14.5. The third-order valence-corrected chi connectivity index (χ3v) is 4.18. The first-order valence-electron chi connectivity index (χ1n) is 7.88. The molecule has 2 aliphatic heterocycles. The van der Waals surface area contributed by atoms with E-state index in [1.807, 2.05) is 0 Å². The molecule has 0 bridgehead atoms. The number of esters is 2. The summed E-state index contributed by atoms with van der Waals surface area (Å²) in [6.07, 6.45) is -6.42. The van der Waals surface area contributed by atoms with Gasteiger partial charge < -0.3 is 49.2 Å². The van der Waals surface area contributed by atoms with Gasteiger partial charge in [-0.3, -0.25) is 19.6 Å². The van der Waals surface area contributed by atoms with Crippen LogP contribution in [0.1, 0.15) is 0 Å². The fourth-order valence-electron chi connectivity index (χ4n) is 2.04. The fraction of sp³-hybridized carbons (Fsp3) is 0.500. The number of phosphoric ester groups is 2. The van der Waals surface area contributed by atoms with Gasteiger partial charge in [0, 0.05) is 58.4 Å². The van der Waals surface area contributed by atoms with Crippen molar-refractivity contribution >= 4 is 27.6 Å². The van der Waals surface area contributed by atoms with Gasteiger partial charge in [-0.1, -0.05) is 0 Å². The number of rotatable bonds is 8. The van der Waals surface area contributed by atoms with Crippen LogP contribution in [0, 0.1) is 0 Å². The predicted molar refractivity (Wildman–Crippen MR) is 91.5 cm³/mol. The van der Waals surface area contributed by atoms with Crippen LogP contribution < -0.4 is 0 Å². The SMILES string of the molecule is O=C1OC(C(O)CO)C(O)=C1OP(=O)(O)O.O=C1OC(C(O)CO)C(O)=C1OP(=O)(O)O.[Zn].[Zn].[Zn]. The summed E-state index contributed by atoms with van der Waals surface area (Å²) in [7, 11) is -10.0. The van der Waals surface area contributed by atoms with Crippen LogP contribution in [0.5, 0.6) is 0 Å². The van der Waals surface area contributed by atoms with Gasteiger partial charge in [-0.25, -0.2) is 18.7 Å². The van der Waals surface area contributed by atoms with Crippen LogP contribution in [0.2, 0.25) is 0 Å². The molecule has 2 rings (SSSR count). The van der Waals surface area contributed by atoms with Gasteiger partial charge in [0.05, 0.1) is 13.2 Å². The first-order valence-corrected chi connectivity index (χ1v) is 10.9. The molecular weight excluding hydrogens is 690 g/mol. The van der Waals surface area contributed by atoms with E-state index in [-0.39, 0.29) is 58.4 Å². The molecular formula is C12H18O18P2Zn3. The van der Waals surface area contributed by atoms with Crippen molar-refractivity contribution in [3.63, 3.8) is 0 Å². The van der Waals surface area contributed by atoms with Gasteiger partial charge in [0.2, 0.25) is 0 Å². The van der Waals surface area contributed by atoms with Crippen LogP contribution in [0.25, 0.3) is 0 Å². The van der Waals surface area contributed by atoms with Crippen molar-refractivity contribution in [3.8, 4) is 0 Å². The van der Waals surface area contributed by atoms with Gasteiger partial charge in [-0.2, -0.15) is 0 Å². The summed E-state index contributed by atoms with van der Waals surface area (Å²) in [5, 5.41) is 53.8. The molecule has 0 spiro atoms. The normalized spacial score (nSPS) is 21.3. The number of aliphatic hydroxyl groups is 6. The molecule has 4 atom stereocenters. The van der Waals surface area contributed by atoms with E-state index in [1.54, 1.807) is 0 Å². The van der Waals surface area contributed by atoms with E-state index in [2.05, 4.69) is 18.5 Å². The van der Waals surface area contributed by atoms with E-state index < -0.39 is 88.3 Å². The molecule has 0 amide bonds. The molecule has 0 aromatic heterocycles. The second-order valence-corrected chi connectivity index (χ2v) is 8.07. The summed E-state index contributed by atoms with van der Waals surface area (Å²) in [5.41, 5.74) is 0. The molecule has 10 N–H and O–H groups in total. The van der Waals surface area contributed by atoms with E-state index in [9.17, 15) is 28.9 Å². The smallest absolute Gasteiger partial charge is 0.505 e. The minimum absolute atomic E-state index is 0. The third kappa shape index (κ3) is 11.7. The van der Waals surface area contributed by atoms with E-state index in [1.165, 1.54) is 0 Å². The zero-order chi connectivity index (χ0) is 25.0. The van der Waals surface area contributed by atoms with Crippen molar-refractivity contribution in [2.75, 3.05) is 13.2 Å². The molecule has 0 fully saturated rings. The van der Waals surface area contributed by atoms with Crippen LogP contribution in [0.4, 0.5) is 0 Å². The number of carbonyl (C=O) groups is 2. The van der Waals surface area contributed by atoms with Crippen molar-refractivity contribution in [3.05, 3.63) is 23.0 Å². The zero-order valence-corrected chi connectivity index (χ0v) is 28.2. The Hall–Kier alpha value is -0.370.